The first kappa shape index (κ1) is 64.7. The quantitative estimate of drug-likeness (QED) is 0.153. The van der Waals surface area contributed by atoms with Crippen LogP contribution in [0.1, 0.15) is 146 Å². The number of hydrogen-bond donors (Lipinski definition) is 4. The van der Waals surface area contributed by atoms with Gasteiger partial charge in [0.15, 0.2) is 11.9 Å². The van der Waals surface area contributed by atoms with Gasteiger partial charge >= 0.3 is 11.9 Å². The third-order valence-electron chi connectivity index (χ3n) is 16.5. The second kappa shape index (κ2) is 28.0. The van der Waals surface area contributed by atoms with Gasteiger partial charge in [0.1, 0.15) is 47.6 Å². The molecule has 0 saturated carbocycles. The molecule has 0 aliphatic carbocycles. The Morgan fingerprint density at radius 3 is 2.09 bits per heavy atom. The lowest BCUT2D eigenvalue weighted by atomic mass is 9.91. The minimum absolute atomic E-state index is 0.110. The Labute approximate surface area is 472 Å². The number of esters is 2. The van der Waals surface area contributed by atoms with Gasteiger partial charge in [-0.2, -0.15) is 0 Å². The number of aliphatic hydroxyl groups is 1. The Bertz CT molecular complexity index is 2410. The maximum Gasteiger partial charge on any atom is 0.329 e. The molecule has 21 heteroatoms. The zero-order valence-electron chi connectivity index (χ0n) is 49.7. The number of likely N-dealkylation sites (N-methyl/N-ethyl adjacent to an activating group) is 1. The van der Waals surface area contributed by atoms with Crippen molar-refractivity contribution in [1.82, 2.24) is 35.6 Å². The molecule has 446 valence electrons. The molecule has 12 atom stereocenters. The number of ether oxygens (including phenoxy) is 3. The number of methoxy groups -OCH3 is 1. The molecule has 1 spiro atoms. The van der Waals surface area contributed by atoms with Gasteiger partial charge in [-0.1, -0.05) is 87.8 Å². The monoisotopic (exact) mass is 1120 g/mol. The molecule has 1 aromatic rings. The van der Waals surface area contributed by atoms with Crippen LogP contribution in [0.15, 0.2) is 24.3 Å². The van der Waals surface area contributed by atoms with Crippen LogP contribution in [0.2, 0.25) is 0 Å². The van der Waals surface area contributed by atoms with Crippen molar-refractivity contribution in [2.75, 3.05) is 33.8 Å². The summed E-state index contributed by atoms with van der Waals surface area (Å²) < 4.78 is 17.3. The van der Waals surface area contributed by atoms with E-state index in [-0.39, 0.29) is 68.3 Å². The van der Waals surface area contributed by atoms with Crippen LogP contribution in [0.25, 0.3) is 0 Å². The number of Topliss-reactive ketones (excluding diaryl/α,β-unsaturated/α-hetero) is 1. The third kappa shape index (κ3) is 15.1. The minimum atomic E-state index is -1.72. The normalized spacial score (nSPS) is 29.1. The molecule has 5 rings (SSSR count). The van der Waals surface area contributed by atoms with Crippen LogP contribution in [0.4, 0.5) is 0 Å². The Morgan fingerprint density at radius 2 is 1.50 bits per heavy atom. The number of amides is 7. The van der Waals surface area contributed by atoms with Gasteiger partial charge in [0.05, 0.1) is 31.6 Å². The number of carbonyl (C=O) groups is 10. The first-order valence-electron chi connectivity index (χ1n) is 28.9. The molecule has 4 aliphatic rings. The van der Waals surface area contributed by atoms with Crippen molar-refractivity contribution >= 4 is 59.1 Å². The summed E-state index contributed by atoms with van der Waals surface area (Å²) in [6, 6.07) is -0.900. The van der Waals surface area contributed by atoms with E-state index in [1.807, 2.05) is 27.7 Å². The summed E-state index contributed by atoms with van der Waals surface area (Å²) in [5.41, 5.74) is -0.546. The maximum absolute atomic E-state index is 15.1. The second-order valence-corrected chi connectivity index (χ2v) is 24.2. The number of nitrogens with one attached hydrogen (secondary N) is 3. The molecule has 4 N–H and O–H groups in total. The third-order valence-corrected chi connectivity index (χ3v) is 16.5. The zero-order chi connectivity index (χ0) is 59.7. The summed E-state index contributed by atoms with van der Waals surface area (Å²) in [5, 5.41) is 20.3. The van der Waals surface area contributed by atoms with Gasteiger partial charge < -0.3 is 54.9 Å². The zero-order valence-corrected chi connectivity index (χ0v) is 49.7. The molecular weight excluding hydrogens is 1030 g/mol. The van der Waals surface area contributed by atoms with Gasteiger partial charge in [0.25, 0.3) is 0 Å². The summed E-state index contributed by atoms with van der Waals surface area (Å²) in [4.78, 5) is 151. The predicted molar refractivity (Wildman–Crippen MR) is 296 cm³/mol. The molecule has 1 aromatic carbocycles. The Balaban J connectivity index is 1.62. The van der Waals surface area contributed by atoms with Gasteiger partial charge in [0.2, 0.25) is 41.4 Å². The number of fused-ring (bicyclic) bond motifs is 1. The topological polar surface area (TPSA) is 268 Å². The molecule has 4 saturated heterocycles. The van der Waals surface area contributed by atoms with E-state index in [1.54, 1.807) is 70.7 Å². The fourth-order valence-corrected chi connectivity index (χ4v) is 11.6. The summed E-state index contributed by atoms with van der Waals surface area (Å²) in [5.74, 6) is -9.59. The number of benzene rings is 1. The number of cyclic esters (lactones) is 2. The largest absolute Gasteiger partial charge is 0.497 e. The molecule has 0 aromatic heterocycles. The van der Waals surface area contributed by atoms with Gasteiger partial charge in [-0.25, -0.2) is 4.79 Å². The van der Waals surface area contributed by atoms with Crippen LogP contribution in [0, 0.1) is 35.5 Å². The predicted octanol–water partition coefficient (Wildman–Crippen LogP) is 3.74. The summed E-state index contributed by atoms with van der Waals surface area (Å²) >= 11 is 0. The smallest absolute Gasteiger partial charge is 0.329 e. The van der Waals surface area contributed by atoms with E-state index in [9.17, 15) is 38.7 Å². The summed E-state index contributed by atoms with van der Waals surface area (Å²) in [7, 11) is 2.92. The van der Waals surface area contributed by atoms with Crippen molar-refractivity contribution < 1.29 is 67.3 Å². The summed E-state index contributed by atoms with van der Waals surface area (Å²) in [6.07, 6.45) is -2.78. The molecule has 4 fully saturated rings. The number of aliphatic hydroxyl groups excluding tert-OH is 1. The lowest BCUT2D eigenvalue weighted by Crippen LogP contribution is -2.62. The van der Waals surface area contributed by atoms with Crippen molar-refractivity contribution in [3.8, 4) is 5.75 Å². The molecule has 7 amide bonds. The highest BCUT2D eigenvalue weighted by atomic mass is 16.6. The van der Waals surface area contributed by atoms with Crippen molar-refractivity contribution in [2.24, 2.45) is 35.5 Å². The highest BCUT2D eigenvalue weighted by molar-refractivity contribution is 6.05. The average Bonchev–Trinajstić information content (AvgIpc) is 4.16. The van der Waals surface area contributed by atoms with E-state index < -0.39 is 132 Å². The maximum atomic E-state index is 15.1. The van der Waals surface area contributed by atoms with Crippen molar-refractivity contribution in [3.63, 3.8) is 0 Å². The Hall–Kier alpha value is -6.12. The van der Waals surface area contributed by atoms with Crippen molar-refractivity contribution in [1.29, 1.82) is 0 Å². The Kier molecular flexibility index (Phi) is 22.7. The van der Waals surface area contributed by atoms with Crippen LogP contribution in [0.3, 0.4) is 0 Å². The number of likely N-dealkylation sites (tertiary alicyclic amines) is 2. The van der Waals surface area contributed by atoms with E-state index in [2.05, 4.69) is 16.0 Å². The number of carbonyl (C=O) groups excluding carboxylic acids is 10. The highest BCUT2D eigenvalue weighted by Gasteiger charge is 2.57. The van der Waals surface area contributed by atoms with Crippen molar-refractivity contribution in [2.45, 2.75) is 207 Å². The SMILES string of the molecule is CC[C@H](C)[C@@H]1NC(=O)[C@H](NC(=O)[C@@H](CC(C)C)N2CC[C@]3(CCCN3C(=O)C(C)C)C2=O)[C@@H](C)OC(=O)[C@H](Cc2ccc(OC)cc2)N(C)C(=O)[C@@H]2CCCN2C(=O)[C@H](CC(C)C)NC(=O)[C@@H](C)C(=O)[C@H](C(C)C)OC(=O)C[C@@H]1O. The van der Waals surface area contributed by atoms with Gasteiger partial charge in [-0.3, -0.25) is 43.2 Å². The second-order valence-electron chi connectivity index (χ2n) is 24.2. The first-order chi connectivity index (χ1) is 37.6. The van der Waals surface area contributed by atoms with E-state index in [0.717, 1.165) is 0 Å². The molecule has 0 bridgehead atoms. The van der Waals surface area contributed by atoms with Gasteiger partial charge in [-0.15, -0.1) is 0 Å². The van der Waals surface area contributed by atoms with Crippen LogP contribution >= 0.6 is 0 Å². The minimum Gasteiger partial charge on any atom is -0.497 e. The molecule has 80 heavy (non-hydrogen) atoms. The van der Waals surface area contributed by atoms with E-state index >= 15 is 14.4 Å². The van der Waals surface area contributed by atoms with E-state index in [0.29, 0.717) is 50.0 Å². The van der Waals surface area contributed by atoms with Crippen LogP contribution in [-0.4, -0.2) is 178 Å². The van der Waals surface area contributed by atoms with E-state index in [1.165, 1.54) is 42.7 Å². The number of nitrogens with zero attached hydrogens (tertiary/aromatic N) is 4. The Morgan fingerprint density at radius 1 is 0.838 bits per heavy atom. The molecule has 0 radical (unpaired) electrons. The number of ketones is 1. The van der Waals surface area contributed by atoms with Crippen LogP contribution in [-0.2, 0) is 63.8 Å². The molecular formula is C59H91N7O14. The van der Waals surface area contributed by atoms with Crippen LogP contribution < -0.4 is 20.7 Å². The first-order valence-corrected chi connectivity index (χ1v) is 28.9. The lowest BCUT2D eigenvalue weighted by molar-refractivity contribution is -0.163. The van der Waals surface area contributed by atoms with Crippen LogP contribution in [0.5, 0.6) is 5.75 Å². The van der Waals surface area contributed by atoms with Gasteiger partial charge in [0, 0.05) is 39.0 Å². The lowest BCUT2D eigenvalue weighted by Gasteiger charge is -2.37. The summed E-state index contributed by atoms with van der Waals surface area (Å²) in [6.45, 7) is 21.3. The highest BCUT2D eigenvalue weighted by Crippen LogP contribution is 2.41. The average molecular weight is 1120 g/mol. The van der Waals surface area contributed by atoms with Gasteiger partial charge in [-0.05, 0) is 100 Å². The number of rotatable bonds is 14. The fraction of sp³-hybridized carbons (Fsp3) is 0.729. The molecule has 4 aliphatic heterocycles. The molecule has 0 unspecified atom stereocenters. The molecule has 4 heterocycles. The fourth-order valence-electron chi connectivity index (χ4n) is 11.6. The number of hydrogen-bond acceptors (Lipinski definition) is 14. The van der Waals surface area contributed by atoms with E-state index in [4.69, 9.17) is 14.2 Å². The van der Waals surface area contributed by atoms with Crippen molar-refractivity contribution in [3.05, 3.63) is 29.8 Å². The standard InChI is InChI=1S/C59H91N7O14/c1-15-36(10)47-45(67)31-46(68)80-50(34(6)7)49(69)37(11)51(70)60-41(28-32(2)3)55(74)64-25-16-18-42(64)56(75)63(13)44(30-39-19-21-40(78-14)22-20-39)57(76)79-38(12)48(53(72)61-47)62-52(71)43(29-33(4)5)65-27-24-59(58(65)77)23-17-26-66(59)54(73)35(8)9/h19-22,32-38,41-45,47-48,50,67H,15-18,23-31H2,1-14H3,(H,60,70)(H,61,72)(H,62,71)/t36-,37-,38+,41-,42-,43+,44-,45-,47-,48+,50-,59+/m0/s1. The molecule has 21 nitrogen and oxygen atoms in total.